The molecule has 3 aromatic rings. The molecule has 2 amide bonds. The summed E-state index contributed by atoms with van der Waals surface area (Å²) in [5.74, 6) is 0.503. The highest BCUT2D eigenvalue weighted by atomic mass is 32.2. The van der Waals surface area contributed by atoms with Crippen molar-refractivity contribution in [2.75, 3.05) is 33.0 Å². The number of hydrogen-bond acceptors (Lipinski definition) is 6. The van der Waals surface area contributed by atoms with E-state index in [4.69, 9.17) is 4.74 Å². The molecule has 2 aromatic carbocycles. The van der Waals surface area contributed by atoms with Crippen LogP contribution in [0.5, 0.6) is 5.75 Å². The molecule has 1 aromatic heterocycles. The number of hydrogen-bond donors (Lipinski definition) is 1. The van der Waals surface area contributed by atoms with Gasteiger partial charge >= 0.3 is 0 Å². The van der Waals surface area contributed by atoms with E-state index in [-0.39, 0.29) is 35.2 Å². The van der Waals surface area contributed by atoms with Gasteiger partial charge in [-0.2, -0.15) is 0 Å². The Hall–Kier alpha value is -3.37. The SMILES string of the molecule is CCS(=O)(=O)NC(=O)c1ccc2c(C3CCCCC3)c3n(c2c1)C1(C(=O)N2C4CCC2CN(C)C4)CC1c1cc(OC)ccc1-3. The molecule has 10 heteroatoms. The van der Waals surface area contributed by atoms with Gasteiger partial charge in [-0.05, 0) is 93.5 Å². The third kappa shape index (κ3) is 4.31. The fourth-order valence-electron chi connectivity index (χ4n) is 9.25. The number of nitrogens with zero attached hydrogens (tertiary/aromatic N) is 3. The number of carbonyl (C=O) groups excluding carboxylic acids is 2. The van der Waals surface area contributed by atoms with Crippen LogP contribution >= 0.6 is 0 Å². The van der Waals surface area contributed by atoms with E-state index in [1.807, 2.05) is 18.2 Å². The van der Waals surface area contributed by atoms with Crippen molar-refractivity contribution in [1.82, 2.24) is 19.1 Å². The lowest BCUT2D eigenvalue weighted by atomic mass is 9.80. The van der Waals surface area contributed by atoms with Crippen molar-refractivity contribution in [3.63, 3.8) is 0 Å². The van der Waals surface area contributed by atoms with Crippen molar-refractivity contribution in [2.24, 2.45) is 0 Å². The molecule has 2 saturated heterocycles. The van der Waals surface area contributed by atoms with Gasteiger partial charge in [-0.25, -0.2) is 13.1 Å². The lowest BCUT2D eigenvalue weighted by Crippen LogP contribution is -2.58. The highest BCUT2D eigenvalue weighted by molar-refractivity contribution is 7.90. The van der Waals surface area contributed by atoms with E-state index in [2.05, 4.69) is 38.3 Å². The van der Waals surface area contributed by atoms with Crippen LogP contribution in [0.15, 0.2) is 36.4 Å². The first-order valence-electron chi connectivity index (χ1n) is 16.6. The molecule has 3 aliphatic heterocycles. The molecule has 238 valence electrons. The van der Waals surface area contributed by atoms with E-state index in [1.54, 1.807) is 13.2 Å². The van der Waals surface area contributed by atoms with Crippen LogP contribution in [0.2, 0.25) is 0 Å². The minimum absolute atomic E-state index is 0.00517. The summed E-state index contributed by atoms with van der Waals surface area (Å²) in [6, 6.07) is 12.3. The van der Waals surface area contributed by atoms with Gasteiger partial charge in [0.05, 0.1) is 24.1 Å². The molecule has 0 spiro atoms. The van der Waals surface area contributed by atoms with Crippen molar-refractivity contribution in [3.8, 4) is 17.0 Å². The average molecular weight is 631 g/mol. The zero-order chi connectivity index (χ0) is 31.2. The summed E-state index contributed by atoms with van der Waals surface area (Å²) in [6.07, 6.45) is 8.47. The number of benzene rings is 2. The second kappa shape index (κ2) is 10.3. The monoisotopic (exact) mass is 630 g/mol. The highest BCUT2D eigenvalue weighted by Crippen LogP contribution is 2.67. The molecule has 1 N–H and O–H groups in total. The molecule has 45 heavy (non-hydrogen) atoms. The number of piperazine rings is 1. The zero-order valence-corrected chi connectivity index (χ0v) is 27.2. The highest BCUT2D eigenvalue weighted by Gasteiger charge is 2.68. The van der Waals surface area contributed by atoms with Gasteiger partial charge in [0, 0.05) is 47.6 Å². The first-order chi connectivity index (χ1) is 21.7. The third-order valence-electron chi connectivity index (χ3n) is 11.4. The smallest absolute Gasteiger partial charge is 0.264 e. The van der Waals surface area contributed by atoms with Crippen LogP contribution in [0, 0.1) is 0 Å². The molecule has 4 atom stereocenters. The lowest BCUT2D eigenvalue weighted by Gasteiger charge is -2.43. The van der Waals surface area contributed by atoms with E-state index >= 15 is 4.79 Å². The predicted octanol–water partition coefficient (Wildman–Crippen LogP) is 4.95. The van der Waals surface area contributed by atoms with Gasteiger partial charge in [0.2, 0.25) is 15.9 Å². The van der Waals surface area contributed by atoms with Crippen LogP contribution < -0.4 is 9.46 Å². The van der Waals surface area contributed by atoms with Gasteiger partial charge in [-0.1, -0.05) is 25.3 Å². The molecule has 2 aliphatic carbocycles. The molecule has 8 rings (SSSR count). The van der Waals surface area contributed by atoms with Crippen molar-refractivity contribution in [1.29, 1.82) is 0 Å². The number of likely N-dealkylation sites (N-methyl/N-ethyl adjacent to an activating group) is 1. The largest absolute Gasteiger partial charge is 0.497 e. The molecule has 4 heterocycles. The van der Waals surface area contributed by atoms with Crippen LogP contribution in [0.1, 0.15) is 91.6 Å². The van der Waals surface area contributed by atoms with Crippen LogP contribution in [-0.4, -0.2) is 79.7 Å². The van der Waals surface area contributed by atoms with Gasteiger partial charge in [-0.15, -0.1) is 0 Å². The Morgan fingerprint density at radius 3 is 2.42 bits per heavy atom. The van der Waals surface area contributed by atoms with E-state index in [1.165, 1.54) is 37.3 Å². The van der Waals surface area contributed by atoms with Gasteiger partial charge < -0.3 is 19.1 Å². The maximum Gasteiger partial charge on any atom is 0.264 e. The number of amides is 2. The number of carbonyl (C=O) groups is 2. The van der Waals surface area contributed by atoms with Gasteiger partial charge in [-0.3, -0.25) is 9.59 Å². The summed E-state index contributed by atoms with van der Waals surface area (Å²) in [6.45, 7) is 3.28. The number of sulfonamides is 1. The molecule has 5 aliphatic rings. The Balaban J connectivity index is 1.37. The van der Waals surface area contributed by atoms with E-state index < -0.39 is 21.5 Å². The molecular weight excluding hydrogens is 588 g/mol. The summed E-state index contributed by atoms with van der Waals surface area (Å²) in [4.78, 5) is 33.0. The van der Waals surface area contributed by atoms with Gasteiger partial charge in [0.25, 0.3) is 5.91 Å². The predicted molar refractivity (Wildman–Crippen MR) is 173 cm³/mol. The fourth-order valence-corrected chi connectivity index (χ4v) is 9.79. The number of likely N-dealkylation sites (tertiary alicyclic amines) is 1. The Morgan fingerprint density at radius 1 is 1.00 bits per heavy atom. The maximum atomic E-state index is 15.2. The molecule has 4 unspecified atom stereocenters. The third-order valence-corrected chi connectivity index (χ3v) is 12.7. The normalized spacial score (nSPS) is 27.5. The van der Waals surface area contributed by atoms with Crippen LogP contribution in [0.25, 0.3) is 22.2 Å². The van der Waals surface area contributed by atoms with Crippen molar-refractivity contribution < 1.29 is 22.7 Å². The minimum Gasteiger partial charge on any atom is -0.497 e. The van der Waals surface area contributed by atoms with Crippen LogP contribution in [-0.2, 0) is 20.4 Å². The molecular formula is C35H42N4O5S. The fraction of sp³-hybridized carbons (Fsp3) is 0.543. The first kappa shape index (κ1) is 29.1. The Bertz CT molecular complexity index is 1830. The van der Waals surface area contributed by atoms with Crippen molar-refractivity contribution in [2.45, 2.75) is 87.7 Å². The van der Waals surface area contributed by atoms with Crippen molar-refractivity contribution in [3.05, 3.63) is 53.1 Å². The molecule has 2 saturated carbocycles. The summed E-state index contributed by atoms with van der Waals surface area (Å²) in [5.41, 5.74) is 5.02. The average Bonchev–Trinajstić information content (AvgIpc) is 3.63. The maximum absolute atomic E-state index is 15.2. The number of methoxy groups -OCH3 is 1. The second-order valence-electron chi connectivity index (χ2n) is 14.0. The number of nitrogens with one attached hydrogen (secondary N) is 1. The number of rotatable bonds is 6. The standard InChI is InChI=1S/C35H42N4O5S/c1-4-45(42,43)36-33(40)22-10-14-27-30(16-22)39-32(31(27)21-8-6-5-7-9-21)26-15-13-25(44-3)17-28(26)29-18-35(29,39)34(41)38-23-11-12-24(38)20-37(2)19-23/h10,13-17,21,23-24,29H,4-9,11-12,18-20H2,1-3H3,(H,36,40). The molecule has 9 nitrogen and oxygen atoms in total. The Kier molecular flexibility index (Phi) is 6.66. The van der Waals surface area contributed by atoms with Gasteiger partial charge in [0.1, 0.15) is 11.3 Å². The summed E-state index contributed by atoms with van der Waals surface area (Å²) >= 11 is 0. The Morgan fingerprint density at radius 2 is 1.73 bits per heavy atom. The van der Waals surface area contributed by atoms with Gasteiger partial charge in [0.15, 0.2) is 0 Å². The van der Waals surface area contributed by atoms with E-state index in [0.29, 0.717) is 12.3 Å². The topological polar surface area (TPSA) is 101 Å². The van der Waals surface area contributed by atoms with E-state index in [9.17, 15) is 13.2 Å². The van der Waals surface area contributed by atoms with Crippen LogP contribution in [0.4, 0.5) is 0 Å². The number of aromatic nitrogens is 1. The molecule has 2 bridgehead atoms. The first-order valence-corrected chi connectivity index (χ1v) is 18.3. The zero-order valence-electron chi connectivity index (χ0n) is 26.3. The number of ether oxygens (including phenoxy) is 1. The lowest BCUT2D eigenvalue weighted by molar-refractivity contribution is -0.142. The van der Waals surface area contributed by atoms with E-state index in [0.717, 1.165) is 66.7 Å². The molecule has 4 fully saturated rings. The number of fused-ring (bicyclic) bond motifs is 10. The second-order valence-corrected chi connectivity index (χ2v) is 16.0. The molecule has 0 radical (unpaired) electrons. The Labute approximate surface area is 264 Å². The van der Waals surface area contributed by atoms with Crippen LogP contribution in [0.3, 0.4) is 0 Å². The summed E-state index contributed by atoms with van der Waals surface area (Å²) < 4.78 is 34.9. The van der Waals surface area contributed by atoms with Crippen molar-refractivity contribution >= 4 is 32.7 Å². The minimum atomic E-state index is -3.73. The quantitative estimate of drug-likeness (QED) is 0.414. The summed E-state index contributed by atoms with van der Waals surface area (Å²) in [7, 11) is 0.103. The summed E-state index contributed by atoms with van der Waals surface area (Å²) in [5, 5.41) is 1.06.